The van der Waals surface area contributed by atoms with Crippen molar-refractivity contribution in [2.45, 2.75) is 19.7 Å². The summed E-state index contributed by atoms with van der Waals surface area (Å²) in [5.74, 6) is -0.791. The smallest absolute Gasteiger partial charge is 0.416 e. The predicted octanol–water partition coefficient (Wildman–Crippen LogP) is 2.17. The normalized spacial score (nSPS) is 11.6. The maximum Gasteiger partial charge on any atom is 0.416 e. The van der Waals surface area contributed by atoms with Gasteiger partial charge in [0, 0.05) is 23.0 Å². The van der Waals surface area contributed by atoms with Crippen LogP contribution < -0.4 is 10.7 Å². The van der Waals surface area contributed by atoms with E-state index in [1.165, 1.54) is 18.3 Å². The molecule has 2 aromatic rings. The highest BCUT2D eigenvalue weighted by atomic mass is 19.4. The molecule has 0 bridgehead atoms. The monoisotopic (exact) mass is 382 g/mol. The summed E-state index contributed by atoms with van der Waals surface area (Å²) in [4.78, 5) is 15.7. The first-order chi connectivity index (χ1) is 12.7. The molecule has 0 aliphatic rings. The molecule has 0 saturated carbocycles. The molecule has 0 aliphatic carbocycles. The van der Waals surface area contributed by atoms with Crippen molar-refractivity contribution >= 4 is 17.8 Å². The van der Waals surface area contributed by atoms with Crippen LogP contribution in [0, 0.1) is 6.92 Å². The van der Waals surface area contributed by atoms with Gasteiger partial charge in [-0.1, -0.05) is 6.07 Å². The maximum absolute atomic E-state index is 12.6. The second kappa shape index (κ2) is 8.49. The van der Waals surface area contributed by atoms with Crippen molar-refractivity contribution in [2.75, 3.05) is 11.9 Å². The summed E-state index contributed by atoms with van der Waals surface area (Å²) in [7, 11) is 0. The average molecular weight is 382 g/mol. The van der Waals surface area contributed by atoms with Crippen LogP contribution in [0.5, 0.6) is 5.75 Å². The molecule has 4 N–H and O–H groups in total. The van der Waals surface area contributed by atoms with Crippen LogP contribution in [-0.4, -0.2) is 33.9 Å². The van der Waals surface area contributed by atoms with Crippen LogP contribution >= 0.6 is 0 Å². The molecular formula is C17H17F3N4O3. The van der Waals surface area contributed by atoms with Crippen molar-refractivity contribution in [3.05, 3.63) is 52.8 Å². The number of halogens is 3. The Balaban J connectivity index is 1.96. The van der Waals surface area contributed by atoms with Gasteiger partial charge in [-0.05, 0) is 25.1 Å². The highest BCUT2D eigenvalue weighted by Gasteiger charge is 2.30. The number of carbonyl (C=O) groups excluding carboxylic acids is 1. The van der Waals surface area contributed by atoms with Gasteiger partial charge in [0.1, 0.15) is 5.75 Å². The number of amides is 1. The van der Waals surface area contributed by atoms with Gasteiger partial charge >= 0.3 is 6.18 Å². The van der Waals surface area contributed by atoms with E-state index in [-0.39, 0.29) is 30.2 Å². The van der Waals surface area contributed by atoms with E-state index in [4.69, 9.17) is 0 Å². The SMILES string of the molecule is Cc1ncc(CO)c(/C=N/NC(=O)CNc2cccc(C(F)(F)F)c2)c1O. The van der Waals surface area contributed by atoms with Gasteiger partial charge in [-0.25, -0.2) is 5.43 Å². The summed E-state index contributed by atoms with van der Waals surface area (Å²) in [6.07, 6.45) is -1.95. The number of hydrazone groups is 1. The third-order valence-electron chi connectivity index (χ3n) is 3.55. The van der Waals surface area contributed by atoms with Crippen LogP contribution in [0.4, 0.5) is 18.9 Å². The number of aromatic hydroxyl groups is 1. The average Bonchev–Trinajstić information content (AvgIpc) is 2.63. The van der Waals surface area contributed by atoms with Gasteiger partial charge in [-0.2, -0.15) is 18.3 Å². The standard InChI is InChI=1S/C17H17F3N4O3/c1-10-16(27)14(11(9-25)6-21-10)7-23-24-15(26)8-22-13-4-2-3-12(5-13)17(18,19)20/h2-7,22,25,27H,8-9H2,1H3,(H,24,26)/b23-7+. The van der Waals surface area contributed by atoms with Crippen LogP contribution in [0.25, 0.3) is 0 Å². The maximum atomic E-state index is 12.6. The van der Waals surface area contributed by atoms with Gasteiger partial charge in [-0.3, -0.25) is 9.78 Å². The van der Waals surface area contributed by atoms with E-state index in [0.717, 1.165) is 18.3 Å². The first-order valence-corrected chi connectivity index (χ1v) is 7.73. The molecule has 0 unspecified atom stereocenters. The topological polar surface area (TPSA) is 107 Å². The molecule has 2 rings (SSSR count). The Morgan fingerprint density at radius 3 is 2.78 bits per heavy atom. The minimum atomic E-state index is -4.47. The van der Waals surface area contributed by atoms with Gasteiger partial charge in [-0.15, -0.1) is 0 Å². The summed E-state index contributed by atoms with van der Waals surface area (Å²) in [5, 5.41) is 25.4. The van der Waals surface area contributed by atoms with E-state index < -0.39 is 17.6 Å². The van der Waals surface area contributed by atoms with Gasteiger partial charge in [0.25, 0.3) is 5.91 Å². The molecule has 27 heavy (non-hydrogen) atoms. The molecular weight excluding hydrogens is 365 g/mol. The number of aromatic nitrogens is 1. The zero-order valence-electron chi connectivity index (χ0n) is 14.2. The largest absolute Gasteiger partial charge is 0.505 e. The second-order valence-electron chi connectivity index (χ2n) is 5.51. The summed E-state index contributed by atoms with van der Waals surface area (Å²) in [5.41, 5.74) is 2.33. The molecule has 0 fully saturated rings. The minimum absolute atomic E-state index is 0.133. The molecule has 1 heterocycles. The van der Waals surface area contributed by atoms with Crippen molar-refractivity contribution < 1.29 is 28.2 Å². The molecule has 0 aliphatic heterocycles. The molecule has 1 aromatic carbocycles. The highest BCUT2D eigenvalue weighted by molar-refractivity contribution is 5.87. The minimum Gasteiger partial charge on any atom is -0.505 e. The number of aliphatic hydroxyl groups is 1. The number of aliphatic hydroxyl groups excluding tert-OH is 1. The zero-order valence-corrected chi connectivity index (χ0v) is 14.2. The van der Waals surface area contributed by atoms with E-state index in [2.05, 4.69) is 20.8 Å². The van der Waals surface area contributed by atoms with Crippen molar-refractivity contribution in [1.29, 1.82) is 0 Å². The van der Waals surface area contributed by atoms with E-state index in [0.29, 0.717) is 11.3 Å². The Morgan fingerprint density at radius 2 is 2.11 bits per heavy atom. The number of carbonyl (C=O) groups is 1. The number of nitrogens with one attached hydrogen (secondary N) is 2. The molecule has 144 valence electrons. The first-order valence-electron chi connectivity index (χ1n) is 7.73. The molecule has 1 amide bonds. The lowest BCUT2D eigenvalue weighted by molar-refractivity contribution is -0.137. The highest BCUT2D eigenvalue weighted by Crippen LogP contribution is 2.30. The quantitative estimate of drug-likeness (QED) is 0.453. The number of rotatable bonds is 6. The van der Waals surface area contributed by atoms with Gasteiger partial charge < -0.3 is 15.5 Å². The van der Waals surface area contributed by atoms with Crippen LogP contribution in [0.3, 0.4) is 0 Å². The number of pyridine rings is 1. The Morgan fingerprint density at radius 1 is 1.37 bits per heavy atom. The summed E-state index contributed by atoms with van der Waals surface area (Å²) in [6, 6.07) is 4.45. The van der Waals surface area contributed by atoms with Gasteiger partial charge in [0.05, 0.1) is 30.6 Å². The van der Waals surface area contributed by atoms with Crippen LogP contribution in [0.15, 0.2) is 35.6 Å². The van der Waals surface area contributed by atoms with Crippen LogP contribution in [0.1, 0.15) is 22.4 Å². The summed E-state index contributed by atoms with van der Waals surface area (Å²) < 4.78 is 37.9. The van der Waals surface area contributed by atoms with Crippen LogP contribution in [0.2, 0.25) is 0 Å². The fraction of sp³-hybridized carbons (Fsp3) is 0.235. The van der Waals surface area contributed by atoms with Gasteiger partial charge in [0.15, 0.2) is 0 Å². The summed E-state index contributed by atoms with van der Waals surface area (Å²) >= 11 is 0. The first kappa shape index (κ1) is 20.2. The fourth-order valence-corrected chi connectivity index (χ4v) is 2.12. The van der Waals surface area contributed by atoms with Crippen molar-refractivity contribution in [3.8, 4) is 5.75 Å². The Kier molecular flexibility index (Phi) is 6.35. The fourth-order valence-electron chi connectivity index (χ4n) is 2.12. The number of hydrogen-bond acceptors (Lipinski definition) is 6. The molecule has 0 atom stereocenters. The van der Waals surface area contributed by atoms with Crippen molar-refractivity contribution in [3.63, 3.8) is 0 Å². The van der Waals surface area contributed by atoms with Crippen molar-refractivity contribution in [2.24, 2.45) is 5.10 Å². The predicted molar refractivity (Wildman–Crippen MR) is 92.2 cm³/mol. The van der Waals surface area contributed by atoms with E-state index in [1.54, 1.807) is 6.92 Å². The van der Waals surface area contributed by atoms with E-state index >= 15 is 0 Å². The lowest BCUT2D eigenvalue weighted by atomic mass is 10.1. The molecule has 0 spiro atoms. The van der Waals surface area contributed by atoms with E-state index in [1.807, 2.05) is 0 Å². The molecule has 0 saturated heterocycles. The van der Waals surface area contributed by atoms with Crippen LogP contribution in [-0.2, 0) is 17.6 Å². The van der Waals surface area contributed by atoms with Crippen molar-refractivity contribution in [1.82, 2.24) is 10.4 Å². The lowest BCUT2D eigenvalue weighted by Crippen LogP contribution is -2.26. The number of benzene rings is 1. The number of aryl methyl sites for hydroxylation is 1. The number of alkyl halides is 3. The Bertz CT molecular complexity index is 854. The number of hydrogen-bond donors (Lipinski definition) is 4. The molecule has 1 aromatic heterocycles. The Hall–Kier alpha value is -3.14. The Labute approximate surface area is 152 Å². The zero-order chi connectivity index (χ0) is 20.0. The molecule has 10 heteroatoms. The lowest BCUT2D eigenvalue weighted by Gasteiger charge is -2.10. The molecule has 7 nitrogen and oxygen atoms in total. The molecule has 0 radical (unpaired) electrons. The number of nitrogens with zero attached hydrogens (tertiary/aromatic N) is 2. The third-order valence-corrected chi connectivity index (χ3v) is 3.55. The third kappa shape index (κ3) is 5.42. The second-order valence-corrected chi connectivity index (χ2v) is 5.51. The summed E-state index contributed by atoms with van der Waals surface area (Å²) in [6.45, 7) is 0.867. The van der Waals surface area contributed by atoms with Gasteiger partial charge in [0.2, 0.25) is 0 Å². The number of anilines is 1. The van der Waals surface area contributed by atoms with E-state index in [9.17, 15) is 28.2 Å².